The summed E-state index contributed by atoms with van der Waals surface area (Å²) in [5.74, 6) is -0.535. The second kappa shape index (κ2) is 12.6. The zero-order valence-electron chi connectivity index (χ0n) is 18.6. The molecule has 0 aliphatic carbocycles. The van der Waals surface area contributed by atoms with Gasteiger partial charge in [0, 0.05) is 25.9 Å². The first kappa shape index (κ1) is 23.5. The Kier molecular flexibility index (Phi) is 9.29. The number of esters is 1. The number of hydrogen-bond donors (Lipinski definition) is 1. The number of nitrogens with zero attached hydrogens (tertiary/aromatic N) is 1. The number of anilines is 1. The van der Waals surface area contributed by atoms with Crippen molar-refractivity contribution >= 4 is 23.5 Å². The molecule has 1 aliphatic rings. The highest BCUT2D eigenvalue weighted by Crippen LogP contribution is 2.20. The molecule has 3 rings (SSSR count). The van der Waals surface area contributed by atoms with Crippen LogP contribution in [-0.4, -0.2) is 42.4 Å². The van der Waals surface area contributed by atoms with Gasteiger partial charge in [-0.3, -0.25) is 14.4 Å². The first-order valence-electron chi connectivity index (χ1n) is 11.5. The van der Waals surface area contributed by atoms with Crippen LogP contribution in [0.5, 0.6) is 0 Å². The molecule has 0 unspecified atom stereocenters. The first-order valence-corrected chi connectivity index (χ1v) is 11.5. The molecule has 1 aliphatic heterocycles. The highest BCUT2D eigenvalue weighted by molar-refractivity contribution is 6.03. The van der Waals surface area contributed by atoms with Crippen LogP contribution < -0.4 is 5.32 Å². The Labute approximate surface area is 189 Å². The Hall–Kier alpha value is -3.15. The van der Waals surface area contributed by atoms with E-state index in [-0.39, 0.29) is 30.6 Å². The van der Waals surface area contributed by atoms with Crippen LogP contribution in [0.1, 0.15) is 60.9 Å². The van der Waals surface area contributed by atoms with E-state index < -0.39 is 0 Å². The van der Waals surface area contributed by atoms with Crippen LogP contribution in [0.25, 0.3) is 0 Å². The number of ether oxygens (including phenoxy) is 1. The summed E-state index contributed by atoms with van der Waals surface area (Å²) in [5, 5.41) is 2.84. The lowest BCUT2D eigenvalue weighted by molar-refractivity contribution is -0.143. The first-order chi connectivity index (χ1) is 15.6. The molecule has 1 fully saturated rings. The molecule has 0 atom stereocenters. The monoisotopic (exact) mass is 436 g/mol. The number of likely N-dealkylation sites (tertiary alicyclic amines) is 1. The van der Waals surface area contributed by atoms with E-state index in [9.17, 15) is 14.4 Å². The normalized spacial score (nSPS) is 13.4. The number of amides is 2. The lowest BCUT2D eigenvalue weighted by Gasteiger charge is -2.27. The van der Waals surface area contributed by atoms with Crippen molar-refractivity contribution in [2.24, 2.45) is 0 Å². The van der Waals surface area contributed by atoms with Gasteiger partial charge in [0.1, 0.15) is 0 Å². The predicted molar refractivity (Wildman–Crippen MR) is 124 cm³/mol. The van der Waals surface area contributed by atoms with E-state index in [0.29, 0.717) is 24.3 Å². The summed E-state index contributed by atoms with van der Waals surface area (Å²) in [6.07, 6.45) is 5.64. The molecule has 0 aromatic heterocycles. The molecule has 1 heterocycles. The molecule has 0 radical (unpaired) electrons. The predicted octanol–water partition coefficient (Wildman–Crippen LogP) is 4.60. The lowest BCUT2D eigenvalue weighted by Crippen LogP contribution is -2.36. The van der Waals surface area contributed by atoms with Gasteiger partial charge in [0.25, 0.3) is 5.91 Å². The van der Waals surface area contributed by atoms with Gasteiger partial charge >= 0.3 is 5.97 Å². The van der Waals surface area contributed by atoms with Gasteiger partial charge in [-0.15, -0.1) is 0 Å². The fraction of sp³-hybridized carbons (Fsp3) is 0.423. The van der Waals surface area contributed by atoms with Gasteiger partial charge in [-0.25, -0.2) is 0 Å². The van der Waals surface area contributed by atoms with Gasteiger partial charge in [-0.1, -0.05) is 42.5 Å². The summed E-state index contributed by atoms with van der Waals surface area (Å²) in [6.45, 7) is 1.90. The van der Waals surface area contributed by atoms with Crippen molar-refractivity contribution in [3.8, 4) is 0 Å². The van der Waals surface area contributed by atoms with Crippen molar-refractivity contribution in [1.82, 2.24) is 4.90 Å². The largest absolute Gasteiger partial charge is 0.466 e. The van der Waals surface area contributed by atoms with Crippen molar-refractivity contribution in [2.45, 2.75) is 51.4 Å². The third kappa shape index (κ3) is 7.52. The van der Waals surface area contributed by atoms with Gasteiger partial charge in [-0.05, 0) is 56.2 Å². The summed E-state index contributed by atoms with van der Waals surface area (Å²) in [5.41, 5.74) is 2.26. The third-order valence-corrected chi connectivity index (χ3v) is 5.58. The number of benzene rings is 2. The Morgan fingerprint density at radius 1 is 0.844 bits per heavy atom. The van der Waals surface area contributed by atoms with Crippen LogP contribution in [0.3, 0.4) is 0 Å². The summed E-state index contributed by atoms with van der Waals surface area (Å²) in [7, 11) is 0. The van der Waals surface area contributed by atoms with Crippen LogP contribution in [0, 0.1) is 0 Å². The highest BCUT2D eigenvalue weighted by Gasteiger charge is 2.21. The highest BCUT2D eigenvalue weighted by atomic mass is 16.5. The maximum Gasteiger partial charge on any atom is 0.305 e. The number of carbonyl (C=O) groups excluding carboxylic acids is 3. The molecule has 0 saturated carbocycles. The average Bonchev–Trinajstić information content (AvgIpc) is 2.83. The molecule has 6 nitrogen and oxygen atoms in total. The molecule has 6 heteroatoms. The van der Waals surface area contributed by atoms with Gasteiger partial charge in [-0.2, -0.15) is 0 Å². The van der Waals surface area contributed by atoms with Gasteiger partial charge in [0.05, 0.1) is 17.9 Å². The molecule has 0 spiro atoms. The maximum atomic E-state index is 12.8. The van der Waals surface area contributed by atoms with Crippen molar-refractivity contribution in [3.05, 3.63) is 65.7 Å². The summed E-state index contributed by atoms with van der Waals surface area (Å²) < 4.78 is 5.26. The Bertz CT molecular complexity index is 892. The number of para-hydroxylation sites is 1. The van der Waals surface area contributed by atoms with Crippen LogP contribution >= 0.6 is 0 Å². The van der Waals surface area contributed by atoms with Crippen LogP contribution in [0.4, 0.5) is 5.69 Å². The zero-order chi connectivity index (χ0) is 22.6. The Morgan fingerprint density at radius 3 is 2.34 bits per heavy atom. The number of piperidine rings is 1. The van der Waals surface area contributed by atoms with Crippen molar-refractivity contribution in [2.75, 3.05) is 25.0 Å². The smallest absolute Gasteiger partial charge is 0.305 e. The van der Waals surface area contributed by atoms with E-state index in [0.717, 1.165) is 45.2 Å². The van der Waals surface area contributed by atoms with Gasteiger partial charge < -0.3 is 15.0 Å². The second-order valence-corrected chi connectivity index (χ2v) is 8.11. The molecule has 1 saturated heterocycles. The molecular weight excluding hydrogens is 404 g/mol. The number of carbonyl (C=O) groups is 3. The fourth-order valence-corrected chi connectivity index (χ4v) is 3.83. The zero-order valence-corrected chi connectivity index (χ0v) is 18.6. The number of rotatable bonds is 10. The quantitative estimate of drug-likeness (QED) is 0.436. The average molecular weight is 437 g/mol. The van der Waals surface area contributed by atoms with E-state index in [4.69, 9.17) is 4.74 Å². The summed E-state index contributed by atoms with van der Waals surface area (Å²) >= 11 is 0. The standard InChI is InChI=1S/C26H32N2O4/c29-24(16-9-17-25(30)32-20-10-13-21-11-3-1-4-12-21)27-23-15-6-5-14-22(23)26(31)28-18-7-2-8-19-28/h1,3-6,11-12,14-15H,2,7-10,13,16-20H2,(H,27,29). The molecule has 32 heavy (non-hydrogen) atoms. The van der Waals surface area contributed by atoms with E-state index in [1.54, 1.807) is 24.3 Å². The van der Waals surface area contributed by atoms with Crippen molar-refractivity contribution < 1.29 is 19.1 Å². The number of nitrogens with one attached hydrogen (secondary N) is 1. The lowest BCUT2D eigenvalue weighted by atomic mass is 10.1. The Morgan fingerprint density at radius 2 is 1.56 bits per heavy atom. The van der Waals surface area contributed by atoms with E-state index in [2.05, 4.69) is 17.4 Å². The molecule has 2 aromatic carbocycles. The van der Waals surface area contributed by atoms with Crippen molar-refractivity contribution in [1.29, 1.82) is 0 Å². The topological polar surface area (TPSA) is 75.7 Å². The fourth-order valence-electron chi connectivity index (χ4n) is 3.83. The third-order valence-electron chi connectivity index (χ3n) is 5.58. The molecule has 2 amide bonds. The summed E-state index contributed by atoms with van der Waals surface area (Å²) in [6, 6.07) is 17.2. The van der Waals surface area contributed by atoms with Crippen LogP contribution in [-0.2, 0) is 20.7 Å². The molecule has 1 N–H and O–H groups in total. The minimum absolute atomic E-state index is 0.0420. The SMILES string of the molecule is O=C(CCCC(=O)OCCCc1ccccc1)Nc1ccccc1C(=O)N1CCCCC1. The van der Waals surface area contributed by atoms with E-state index in [1.807, 2.05) is 23.1 Å². The summed E-state index contributed by atoms with van der Waals surface area (Å²) in [4.78, 5) is 39.0. The maximum absolute atomic E-state index is 12.8. The van der Waals surface area contributed by atoms with Gasteiger partial charge in [0.2, 0.25) is 5.91 Å². The number of aryl methyl sites for hydroxylation is 1. The second-order valence-electron chi connectivity index (χ2n) is 8.11. The number of hydrogen-bond acceptors (Lipinski definition) is 4. The molecule has 170 valence electrons. The molecular formula is C26H32N2O4. The van der Waals surface area contributed by atoms with Crippen LogP contribution in [0.2, 0.25) is 0 Å². The van der Waals surface area contributed by atoms with E-state index >= 15 is 0 Å². The molecule has 0 bridgehead atoms. The van der Waals surface area contributed by atoms with Gasteiger partial charge in [0.15, 0.2) is 0 Å². The Balaban J connectivity index is 1.36. The van der Waals surface area contributed by atoms with Crippen LogP contribution in [0.15, 0.2) is 54.6 Å². The minimum Gasteiger partial charge on any atom is -0.466 e. The van der Waals surface area contributed by atoms with Crippen molar-refractivity contribution in [3.63, 3.8) is 0 Å². The van der Waals surface area contributed by atoms with E-state index in [1.165, 1.54) is 5.56 Å². The minimum atomic E-state index is -0.286. The molecule has 2 aromatic rings.